The van der Waals surface area contributed by atoms with E-state index in [0.717, 1.165) is 24.6 Å². The molecule has 0 fully saturated rings. The Labute approximate surface area is 192 Å². The molecule has 0 spiro atoms. The summed E-state index contributed by atoms with van der Waals surface area (Å²) in [5.41, 5.74) is 11.7. The molecule has 0 aliphatic carbocycles. The molecule has 0 aromatic heterocycles. The topological polar surface area (TPSA) is 21.7 Å². The number of aryl methyl sites for hydroxylation is 1. The van der Waals surface area contributed by atoms with Gasteiger partial charge >= 0.3 is 0 Å². The lowest BCUT2D eigenvalue weighted by Gasteiger charge is -2.28. The minimum absolute atomic E-state index is 0.209. The van der Waals surface area contributed by atoms with Gasteiger partial charge in [-0.3, -0.25) is 0 Å². The minimum atomic E-state index is -0.292. The summed E-state index contributed by atoms with van der Waals surface area (Å²) in [7, 11) is 1.74. The first-order valence-electron chi connectivity index (χ1n) is 11.5. The largest absolute Gasteiger partial charge is 0.497 e. The monoisotopic (exact) mass is 427 g/mol. The molecule has 0 radical (unpaired) electrons. The highest BCUT2D eigenvalue weighted by Crippen LogP contribution is 2.54. The van der Waals surface area contributed by atoms with Crippen molar-refractivity contribution in [1.29, 1.82) is 0 Å². The molecule has 1 unspecified atom stereocenters. The van der Waals surface area contributed by atoms with Crippen LogP contribution in [0.3, 0.4) is 0 Å². The highest BCUT2D eigenvalue weighted by molar-refractivity contribution is 5.73. The second-order valence-corrected chi connectivity index (χ2v) is 10.0. The van der Waals surface area contributed by atoms with Crippen molar-refractivity contribution in [3.63, 3.8) is 0 Å². The van der Waals surface area contributed by atoms with E-state index in [4.69, 9.17) is 9.47 Å². The number of hydrogen-bond acceptors (Lipinski definition) is 3. The van der Waals surface area contributed by atoms with Crippen molar-refractivity contribution in [3.05, 3.63) is 87.0 Å². The fourth-order valence-electron chi connectivity index (χ4n) is 5.73. The molecule has 3 heteroatoms. The predicted octanol–water partition coefficient (Wildman–Crippen LogP) is 6.75. The molecule has 5 rings (SSSR count). The molecule has 0 bridgehead atoms. The summed E-state index contributed by atoms with van der Waals surface area (Å²) in [6, 6.07) is 15.4. The number of ether oxygens (including phenoxy) is 2. The van der Waals surface area contributed by atoms with Crippen LogP contribution in [-0.2, 0) is 13.1 Å². The Balaban J connectivity index is 1.64. The highest BCUT2D eigenvalue weighted by atomic mass is 16.5. The molecule has 3 aromatic carbocycles. The van der Waals surface area contributed by atoms with Gasteiger partial charge in [-0.25, -0.2) is 0 Å². The van der Waals surface area contributed by atoms with Crippen LogP contribution >= 0.6 is 0 Å². The van der Waals surface area contributed by atoms with Gasteiger partial charge in [0, 0.05) is 24.3 Å². The number of rotatable bonds is 3. The van der Waals surface area contributed by atoms with Gasteiger partial charge in [0.2, 0.25) is 0 Å². The van der Waals surface area contributed by atoms with Crippen LogP contribution in [0.15, 0.2) is 42.5 Å². The second kappa shape index (κ2) is 7.30. The van der Waals surface area contributed by atoms with E-state index < -0.39 is 0 Å². The summed E-state index contributed by atoms with van der Waals surface area (Å²) >= 11 is 0. The first kappa shape index (κ1) is 20.9. The number of anilines is 1. The third-order valence-electron chi connectivity index (χ3n) is 7.47. The van der Waals surface area contributed by atoms with Gasteiger partial charge in [0.15, 0.2) is 0 Å². The summed E-state index contributed by atoms with van der Waals surface area (Å²) in [6.45, 7) is 15.2. The zero-order chi connectivity index (χ0) is 22.8. The zero-order valence-electron chi connectivity index (χ0n) is 20.3. The van der Waals surface area contributed by atoms with Crippen molar-refractivity contribution in [2.45, 2.75) is 66.2 Å². The fourth-order valence-corrected chi connectivity index (χ4v) is 5.73. The van der Waals surface area contributed by atoms with Crippen LogP contribution in [0.2, 0.25) is 0 Å². The zero-order valence-corrected chi connectivity index (χ0v) is 20.3. The summed E-state index contributed by atoms with van der Waals surface area (Å²) in [6.07, 6.45) is 0. The van der Waals surface area contributed by atoms with Gasteiger partial charge in [0.05, 0.1) is 13.0 Å². The lowest BCUT2D eigenvalue weighted by atomic mass is 9.78. The van der Waals surface area contributed by atoms with E-state index >= 15 is 0 Å². The van der Waals surface area contributed by atoms with E-state index in [1.54, 1.807) is 7.11 Å². The molecule has 2 aliphatic rings. The molecule has 2 aliphatic heterocycles. The van der Waals surface area contributed by atoms with E-state index in [2.05, 4.69) is 88.9 Å². The number of methoxy groups -OCH3 is 1. The first-order chi connectivity index (χ1) is 15.2. The Morgan fingerprint density at radius 2 is 1.56 bits per heavy atom. The fraction of sp³-hybridized carbons (Fsp3) is 0.379. The summed E-state index contributed by atoms with van der Waals surface area (Å²) in [5, 5.41) is 0. The molecule has 0 saturated carbocycles. The average molecular weight is 428 g/mol. The van der Waals surface area contributed by atoms with Crippen molar-refractivity contribution >= 4 is 5.69 Å². The van der Waals surface area contributed by atoms with Crippen LogP contribution in [0.1, 0.15) is 64.3 Å². The molecule has 1 atom stereocenters. The minimum Gasteiger partial charge on any atom is -0.497 e. The Morgan fingerprint density at radius 1 is 0.875 bits per heavy atom. The van der Waals surface area contributed by atoms with E-state index in [9.17, 15) is 0 Å². The molecule has 32 heavy (non-hydrogen) atoms. The van der Waals surface area contributed by atoms with Crippen molar-refractivity contribution in [2.75, 3.05) is 12.0 Å². The van der Waals surface area contributed by atoms with Crippen molar-refractivity contribution in [2.24, 2.45) is 0 Å². The number of nitrogens with zero attached hydrogens (tertiary/aromatic N) is 1. The van der Waals surface area contributed by atoms with E-state index in [1.165, 1.54) is 50.2 Å². The molecule has 0 N–H and O–H groups in total. The van der Waals surface area contributed by atoms with Gasteiger partial charge in [-0.05, 0) is 87.1 Å². The third kappa shape index (κ3) is 3.09. The Bertz CT molecular complexity index is 1210. The van der Waals surface area contributed by atoms with Crippen LogP contribution < -0.4 is 14.4 Å². The Kier molecular flexibility index (Phi) is 4.77. The molecular weight excluding hydrogens is 394 g/mol. The molecule has 2 heterocycles. The molecule has 166 valence electrons. The summed E-state index contributed by atoms with van der Waals surface area (Å²) in [4.78, 5) is 2.53. The molecule has 0 amide bonds. The van der Waals surface area contributed by atoms with E-state index in [-0.39, 0.29) is 11.5 Å². The lowest BCUT2D eigenvalue weighted by molar-refractivity contribution is 0.121. The van der Waals surface area contributed by atoms with Gasteiger partial charge in [-0.15, -0.1) is 0 Å². The van der Waals surface area contributed by atoms with Crippen molar-refractivity contribution in [3.8, 4) is 11.5 Å². The van der Waals surface area contributed by atoms with Crippen LogP contribution in [0.4, 0.5) is 5.69 Å². The van der Waals surface area contributed by atoms with Crippen LogP contribution in [0.25, 0.3) is 0 Å². The quantitative estimate of drug-likeness (QED) is 0.461. The van der Waals surface area contributed by atoms with E-state index in [0.29, 0.717) is 0 Å². The number of hydrogen-bond donors (Lipinski definition) is 0. The third-order valence-corrected chi connectivity index (χ3v) is 7.47. The molecule has 0 saturated heterocycles. The maximum atomic E-state index is 6.66. The predicted molar refractivity (Wildman–Crippen MR) is 131 cm³/mol. The van der Waals surface area contributed by atoms with Crippen molar-refractivity contribution in [1.82, 2.24) is 0 Å². The van der Waals surface area contributed by atoms with Crippen LogP contribution in [0.5, 0.6) is 11.5 Å². The standard InChI is InChI=1S/C29H33NO2/c1-17-8-10-21(11-9-17)26-25-20(4)27(18(2)19(3)28(25)32-29(26,5)6)30-15-22-12-13-24(31-7)14-23(22)16-30/h8-14,26H,15-16H2,1-7H3. The van der Waals surface area contributed by atoms with Gasteiger partial charge in [0.1, 0.15) is 17.1 Å². The number of benzene rings is 3. The van der Waals surface area contributed by atoms with Gasteiger partial charge in [0.25, 0.3) is 0 Å². The highest BCUT2D eigenvalue weighted by Gasteiger charge is 2.45. The van der Waals surface area contributed by atoms with Crippen molar-refractivity contribution < 1.29 is 9.47 Å². The lowest BCUT2D eigenvalue weighted by Crippen LogP contribution is -2.31. The Morgan fingerprint density at radius 3 is 2.25 bits per heavy atom. The molecule has 3 nitrogen and oxygen atoms in total. The maximum Gasteiger partial charge on any atom is 0.127 e. The van der Waals surface area contributed by atoms with Gasteiger partial charge in [-0.2, -0.15) is 0 Å². The Hall–Kier alpha value is -2.94. The second-order valence-electron chi connectivity index (χ2n) is 10.0. The van der Waals surface area contributed by atoms with E-state index in [1.807, 2.05) is 0 Å². The molecular formula is C29H33NO2. The van der Waals surface area contributed by atoms with Crippen LogP contribution in [-0.4, -0.2) is 12.7 Å². The number of fused-ring (bicyclic) bond motifs is 2. The molecule has 3 aromatic rings. The van der Waals surface area contributed by atoms with Crippen LogP contribution in [0, 0.1) is 27.7 Å². The normalized spacial score (nSPS) is 18.3. The SMILES string of the molecule is COc1ccc2c(c1)CN(c1c(C)c(C)c3c(c1C)C(c1ccc(C)cc1)C(C)(C)O3)C2. The first-order valence-corrected chi connectivity index (χ1v) is 11.5. The van der Waals surface area contributed by atoms with Gasteiger partial charge in [-0.1, -0.05) is 35.9 Å². The maximum absolute atomic E-state index is 6.66. The van der Waals surface area contributed by atoms with Gasteiger partial charge < -0.3 is 14.4 Å². The smallest absolute Gasteiger partial charge is 0.127 e. The summed E-state index contributed by atoms with van der Waals surface area (Å²) in [5.74, 6) is 2.22. The average Bonchev–Trinajstić information content (AvgIpc) is 3.30. The summed E-state index contributed by atoms with van der Waals surface area (Å²) < 4.78 is 12.1.